The summed E-state index contributed by atoms with van der Waals surface area (Å²) >= 11 is 0. The van der Waals surface area contributed by atoms with Gasteiger partial charge in [0, 0.05) is 44.3 Å². The molecule has 48 heavy (non-hydrogen) atoms. The second-order valence-corrected chi connectivity index (χ2v) is 12.4. The number of carboxylic acid groups (broad SMARTS) is 2. The monoisotopic (exact) mass is 657 g/mol. The van der Waals surface area contributed by atoms with Gasteiger partial charge in [-0.3, -0.25) is 19.2 Å². The van der Waals surface area contributed by atoms with Gasteiger partial charge in [-0.2, -0.15) is 0 Å². The summed E-state index contributed by atoms with van der Waals surface area (Å²) in [7, 11) is 2.25. The van der Waals surface area contributed by atoms with Crippen LogP contribution in [0.2, 0.25) is 0 Å². The Kier molecular flexibility index (Phi) is 15.6. The Balaban J connectivity index is 0.000000288. The lowest BCUT2D eigenvalue weighted by Gasteiger charge is -2.37. The maximum Gasteiger partial charge on any atom is 0.305 e. The number of aliphatic carboxylic acids is 1. The summed E-state index contributed by atoms with van der Waals surface area (Å²) in [5.74, 6) is -1.21. The Morgan fingerprint density at radius 2 is 1.50 bits per heavy atom. The predicted octanol–water partition coefficient (Wildman–Crippen LogP) is 6.36. The van der Waals surface area contributed by atoms with E-state index in [9.17, 15) is 19.5 Å². The molecular formula is C39H51N3O6. The van der Waals surface area contributed by atoms with Gasteiger partial charge < -0.3 is 24.9 Å². The number of rotatable bonds is 10. The van der Waals surface area contributed by atoms with Crippen molar-refractivity contribution in [1.82, 2.24) is 9.80 Å². The SMILES string of the molecule is CCC(=O)N(CCc1ccccc1)CC(=O)N1Cc2ccccc2CC1CC(=O)O.Cc1ccccc1N(C)C1CCCCC1.O=CO. The molecule has 1 atom stereocenters. The molecule has 2 aliphatic rings. The zero-order chi connectivity index (χ0) is 34.9. The van der Waals surface area contributed by atoms with Crippen molar-refractivity contribution in [2.24, 2.45) is 0 Å². The van der Waals surface area contributed by atoms with Crippen LogP contribution in [-0.4, -0.2) is 76.5 Å². The number of carboxylic acids is 1. The second kappa shape index (κ2) is 19.9. The fraction of sp³-hybridized carbons (Fsp3) is 0.436. The average molecular weight is 658 g/mol. The molecule has 1 unspecified atom stereocenters. The summed E-state index contributed by atoms with van der Waals surface area (Å²) in [4.78, 5) is 51.1. The van der Waals surface area contributed by atoms with Gasteiger partial charge >= 0.3 is 5.97 Å². The van der Waals surface area contributed by atoms with Crippen LogP contribution in [0.15, 0.2) is 78.9 Å². The highest BCUT2D eigenvalue weighted by atomic mass is 16.4. The molecule has 5 rings (SSSR count). The molecule has 1 heterocycles. The largest absolute Gasteiger partial charge is 0.483 e. The van der Waals surface area contributed by atoms with Crippen molar-refractivity contribution >= 4 is 29.9 Å². The Morgan fingerprint density at radius 1 is 0.896 bits per heavy atom. The molecular weight excluding hydrogens is 606 g/mol. The van der Waals surface area contributed by atoms with Gasteiger partial charge in [0.05, 0.1) is 13.0 Å². The van der Waals surface area contributed by atoms with Crippen LogP contribution in [0.1, 0.15) is 74.1 Å². The maximum atomic E-state index is 13.2. The smallest absolute Gasteiger partial charge is 0.305 e. The highest BCUT2D eigenvalue weighted by Gasteiger charge is 2.32. The van der Waals surface area contributed by atoms with Crippen LogP contribution in [0, 0.1) is 6.92 Å². The Labute approximate surface area is 285 Å². The lowest BCUT2D eigenvalue weighted by Crippen LogP contribution is -2.50. The molecule has 1 aliphatic carbocycles. The van der Waals surface area contributed by atoms with Gasteiger partial charge in [0.15, 0.2) is 0 Å². The molecule has 9 nitrogen and oxygen atoms in total. The third-order valence-electron chi connectivity index (χ3n) is 9.20. The van der Waals surface area contributed by atoms with Gasteiger partial charge in [0.1, 0.15) is 0 Å². The molecule has 258 valence electrons. The quantitative estimate of drug-likeness (QED) is 0.244. The van der Waals surface area contributed by atoms with Gasteiger partial charge in [-0.25, -0.2) is 0 Å². The van der Waals surface area contributed by atoms with E-state index in [1.165, 1.54) is 43.4 Å². The number of carbonyl (C=O) groups is 4. The third kappa shape index (κ3) is 11.5. The summed E-state index contributed by atoms with van der Waals surface area (Å²) in [6.45, 7) is 4.54. The fourth-order valence-corrected chi connectivity index (χ4v) is 6.57. The summed E-state index contributed by atoms with van der Waals surface area (Å²) in [5.41, 5.74) is 6.02. The number of carbonyl (C=O) groups excluding carboxylic acids is 2. The molecule has 2 amide bonds. The van der Waals surface area contributed by atoms with E-state index in [0.29, 0.717) is 32.4 Å². The number of hydrogen-bond donors (Lipinski definition) is 2. The second-order valence-electron chi connectivity index (χ2n) is 12.4. The average Bonchev–Trinajstić information content (AvgIpc) is 3.10. The van der Waals surface area contributed by atoms with E-state index < -0.39 is 12.0 Å². The van der Waals surface area contributed by atoms with Crippen LogP contribution >= 0.6 is 0 Å². The van der Waals surface area contributed by atoms with Gasteiger partial charge in [0.2, 0.25) is 11.8 Å². The summed E-state index contributed by atoms with van der Waals surface area (Å²) < 4.78 is 0. The Hall–Kier alpha value is -4.66. The first-order valence-corrected chi connectivity index (χ1v) is 16.9. The van der Waals surface area contributed by atoms with Crippen LogP contribution in [0.3, 0.4) is 0 Å². The standard InChI is InChI=1S/C24H28N2O4.C14H21N.CH2O2/c1-2-22(27)25(13-12-18-8-4-3-5-9-18)17-23(28)26-16-20-11-7-6-10-19(20)14-21(26)15-24(29)30;1-12-8-6-7-11-14(12)15(2)13-9-4-3-5-10-13;2-1-3/h3-11,21H,2,12-17H2,1H3,(H,29,30);6-8,11,13H,3-5,9-10H2,1-2H3;1H,(H,2,3). The van der Waals surface area contributed by atoms with E-state index in [2.05, 4.69) is 43.1 Å². The first kappa shape index (κ1) is 37.8. The van der Waals surface area contributed by atoms with Crippen molar-refractivity contribution in [2.45, 2.75) is 90.3 Å². The van der Waals surface area contributed by atoms with Gasteiger partial charge in [0.25, 0.3) is 6.47 Å². The minimum absolute atomic E-state index is 0.0300. The first-order chi connectivity index (χ1) is 23.2. The van der Waals surface area contributed by atoms with Crippen molar-refractivity contribution in [3.63, 3.8) is 0 Å². The molecule has 0 aromatic heterocycles. The Bertz CT molecular complexity index is 1460. The lowest BCUT2D eigenvalue weighted by molar-refractivity contribution is -0.145. The van der Waals surface area contributed by atoms with Crippen molar-refractivity contribution in [1.29, 1.82) is 0 Å². The molecule has 0 spiro atoms. The number of hydrogen-bond acceptors (Lipinski definition) is 5. The normalized spacial score (nSPS) is 15.4. The zero-order valence-corrected chi connectivity index (χ0v) is 28.6. The summed E-state index contributed by atoms with van der Waals surface area (Å²) in [6.07, 6.45) is 8.37. The molecule has 1 aliphatic heterocycles. The number of nitrogens with zero attached hydrogens (tertiary/aromatic N) is 3. The summed E-state index contributed by atoms with van der Waals surface area (Å²) in [5, 5.41) is 16.2. The number of aryl methyl sites for hydroxylation is 1. The molecule has 1 fully saturated rings. The van der Waals surface area contributed by atoms with Crippen molar-refractivity contribution < 1.29 is 29.4 Å². The van der Waals surface area contributed by atoms with Crippen LogP contribution in [0.5, 0.6) is 0 Å². The third-order valence-corrected chi connectivity index (χ3v) is 9.20. The van der Waals surface area contributed by atoms with Crippen LogP contribution in [-0.2, 0) is 38.6 Å². The molecule has 0 saturated heterocycles. The highest BCUT2D eigenvalue weighted by molar-refractivity contribution is 5.85. The minimum Gasteiger partial charge on any atom is -0.483 e. The number of fused-ring (bicyclic) bond motifs is 1. The van der Waals surface area contributed by atoms with Crippen molar-refractivity contribution in [2.75, 3.05) is 25.0 Å². The minimum atomic E-state index is -0.928. The number of benzene rings is 3. The van der Waals surface area contributed by atoms with Crippen LogP contribution < -0.4 is 4.90 Å². The van der Waals surface area contributed by atoms with Gasteiger partial charge in [-0.15, -0.1) is 0 Å². The molecule has 3 aromatic rings. The molecule has 2 N–H and O–H groups in total. The van der Waals surface area contributed by atoms with E-state index in [0.717, 1.165) is 22.7 Å². The Morgan fingerprint density at radius 3 is 2.12 bits per heavy atom. The van der Waals surface area contributed by atoms with E-state index in [-0.39, 0.29) is 31.3 Å². The number of para-hydroxylation sites is 1. The lowest BCUT2D eigenvalue weighted by atomic mass is 9.92. The maximum absolute atomic E-state index is 13.2. The molecule has 9 heteroatoms. The molecule has 0 bridgehead atoms. The van der Waals surface area contributed by atoms with E-state index >= 15 is 0 Å². The van der Waals surface area contributed by atoms with Crippen molar-refractivity contribution in [3.05, 3.63) is 101 Å². The van der Waals surface area contributed by atoms with Crippen molar-refractivity contribution in [3.8, 4) is 0 Å². The first-order valence-electron chi connectivity index (χ1n) is 16.9. The number of amides is 2. The molecule has 0 radical (unpaired) electrons. The topological polar surface area (TPSA) is 118 Å². The van der Waals surface area contributed by atoms with E-state index in [1.807, 2.05) is 54.6 Å². The molecule has 3 aromatic carbocycles. The highest BCUT2D eigenvalue weighted by Crippen LogP contribution is 2.28. The van der Waals surface area contributed by atoms with E-state index in [4.69, 9.17) is 9.90 Å². The summed E-state index contributed by atoms with van der Waals surface area (Å²) in [6, 6.07) is 26.7. The zero-order valence-electron chi connectivity index (χ0n) is 28.6. The fourth-order valence-electron chi connectivity index (χ4n) is 6.57. The van der Waals surface area contributed by atoms with Crippen LogP contribution in [0.25, 0.3) is 0 Å². The van der Waals surface area contributed by atoms with Gasteiger partial charge in [-0.1, -0.05) is 99.0 Å². The van der Waals surface area contributed by atoms with Crippen LogP contribution in [0.4, 0.5) is 5.69 Å². The molecule has 1 saturated carbocycles. The predicted molar refractivity (Wildman–Crippen MR) is 189 cm³/mol. The van der Waals surface area contributed by atoms with E-state index in [1.54, 1.807) is 16.7 Å². The van der Waals surface area contributed by atoms with Gasteiger partial charge in [-0.05, 0) is 60.9 Å². The number of anilines is 1.